The van der Waals surface area contributed by atoms with Gasteiger partial charge in [0.1, 0.15) is 17.2 Å². The van der Waals surface area contributed by atoms with E-state index in [1.165, 1.54) is 35.6 Å². The van der Waals surface area contributed by atoms with Gasteiger partial charge < -0.3 is 19.9 Å². The van der Waals surface area contributed by atoms with Gasteiger partial charge in [-0.2, -0.15) is 8.70 Å². The van der Waals surface area contributed by atoms with Crippen LogP contribution in [-0.2, 0) is 21.6 Å². The molecule has 3 N–H and O–H groups in total. The van der Waals surface area contributed by atoms with Crippen LogP contribution >= 0.6 is 22.9 Å². The zero-order valence-corrected chi connectivity index (χ0v) is 16.9. The SMILES string of the molecule is CN1C(=N)NC2(c3sc(C(=O)Nc4cccc(F)n4)cc3Cl)CCOC2[S+]1[O-]. The van der Waals surface area contributed by atoms with Gasteiger partial charge in [-0.15, -0.1) is 11.3 Å². The van der Waals surface area contributed by atoms with Crippen LogP contribution in [0.2, 0.25) is 5.02 Å². The first-order valence-electron chi connectivity index (χ1n) is 8.18. The molecule has 2 aromatic heterocycles. The van der Waals surface area contributed by atoms with Crippen molar-refractivity contribution in [2.24, 2.45) is 0 Å². The second-order valence-electron chi connectivity index (χ2n) is 6.26. The molecule has 2 aliphatic heterocycles. The molecule has 8 nitrogen and oxygen atoms in total. The van der Waals surface area contributed by atoms with E-state index in [9.17, 15) is 13.7 Å². The molecule has 1 amide bonds. The van der Waals surface area contributed by atoms with Gasteiger partial charge in [-0.05, 0) is 18.2 Å². The summed E-state index contributed by atoms with van der Waals surface area (Å²) in [4.78, 5) is 17.0. The smallest absolute Gasteiger partial charge is 0.269 e. The summed E-state index contributed by atoms with van der Waals surface area (Å²) >= 11 is 5.95. The van der Waals surface area contributed by atoms with Crippen LogP contribution in [0.3, 0.4) is 0 Å². The standard InChI is InChI=1S/C16H15ClFN5O3S2/c1-23-15(19)22-16(5-6-26-14(16)28(23)25)12-8(17)7-9(27-12)13(24)21-11-4-2-3-10(18)20-11/h2-4,7,14H,5-6H2,1H3,(H2,19,22)(H,20,21,24). The lowest BCUT2D eigenvalue weighted by Crippen LogP contribution is -2.65. The van der Waals surface area contributed by atoms with Crippen LogP contribution in [0.15, 0.2) is 24.3 Å². The molecule has 0 aliphatic carbocycles. The third kappa shape index (κ3) is 3.12. The largest absolute Gasteiger partial charge is 0.591 e. The number of pyridine rings is 1. The van der Waals surface area contributed by atoms with E-state index in [1.54, 1.807) is 0 Å². The van der Waals surface area contributed by atoms with Crippen LogP contribution in [0.25, 0.3) is 0 Å². The summed E-state index contributed by atoms with van der Waals surface area (Å²) in [6.45, 7) is 0.341. The van der Waals surface area contributed by atoms with Gasteiger partial charge in [0.05, 0.1) is 28.4 Å². The number of anilines is 1. The average Bonchev–Trinajstić information content (AvgIpc) is 3.24. The molecular weight excluding hydrogens is 429 g/mol. The van der Waals surface area contributed by atoms with Gasteiger partial charge in [0.15, 0.2) is 5.54 Å². The van der Waals surface area contributed by atoms with Crippen molar-refractivity contribution in [3.8, 4) is 0 Å². The molecule has 4 rings (SSSR count). The number of rotatable bonds is 3. The molecule has 0 saturated carbocycles. The van der Waals surface area contributed by atoms with E-state index in [2.05, 4.69) is 15.6 Å². The Kier molecular flexibility index (Phi) is 4.96. The predicted octanol–water partition coefficient (Wildman–Crippen LogP) is 2.26. The number of carbonyl (C=O) groups excluding carboxylic acids is 1. The topological polar surface area (TPSA) is 113 Å². The average molecular weight is 444 g/mol. The fourth-order valence-corrected chi connectivity index (χ4v) is 6.22. The monoisotopic (exact) mass is 443 g/mol. The summed E-state index contributed by atoms with van der Waals surface area (Å²) in [7, 11) is 1.54. The lowest BCUT2D eigenvalue weighted by atomic mass is 9.96. The maximum atomic E-state index is 13.2. The summed E-state index contributed by atoms with van der Waals surface area (Å²) in [6.07, 6.45) is 0.451. The summed E-state index contributed by atoms with van der Waals surface area (Å²) in [5, 5.41) is 14.0. The van der Waals surface area contributed by atoms with E-state index in [4.69, 9.17) is 21.7 Å². The highest BCUT2D eigenvalue weighted by molar-refractivity contribution is 7.90. The normalized spacial score (nSPS) is 26.7. The van der Waals surface area contributed by atoms with Crippen molar-refractivity contribution < 1.29 is 18.5 Å². The van der Waals surface area contributed by atoms with Crippen molar-refractivity contribution in [1.82, 2.24) is 14.6 Å². The van der Waals surface area contributed by atoms with Gasteiger partial charge in [-0.25, -0.2) is 4.98 Å². The minimum absolute atomic E-state index is 0.0143. The first kappa shape index (κ1) is 19.4. The third-order valence-electron chi connectivity index (χ3n) is 4.55. The molecular formula is C16H15ClFN5O3S2. The molecule has 2 fully saturated rings. The maximum absolute atomic E-state index is 13.2. The van der Waals surface area contributed by atoms with Crippen molar-refractivity contribution >= 4 is 52.0 Å². The maximum Gasteiger partial charge on any atom is 0.269 e. The predicted molar refractivity (Wildman–Crippen MR) is 104 cm³/mol. The summed E-state index contributed by atoms with van der Waals surface area (Å²) < 4.78 is 32.9. The number of aromatic nitrogens is 1. The number of nitrogens with one attached hydrogen (secondary N) is 3. The van der Waals surface area contributed by atoms with Crippen LogP contribution in [0.5, 0.6) is 0 Å². The van der Waals surface area contributed by atoms with Crippen LogP contribution in [0.4, 0.5) is 10.2 Å². The second kappa shape index (κ2) is 7.16. The molecule has 2 saturated heterocycles. The van der Waals surface area contributed by atoms with Gasteiger partial charge in [0.25, 0.3) is 11.3 Å². The summed E-state index contributed by atoms with van der Waals surface area (Å²) in [5.41, 5.74) is -1.69. The molecule has 3 unspecified atom stereocenters. The number of nitrogens with zero attached hydrogens (tertiary/aromatic N) is 2. The summed E-state index contributed by atoms with van der Waals surface area (Å²) in [5.74, 6) is -1.13. The fraction of sp³-hybridized carbons (Fsp3) is 0.312. The molecule has 4 heterocycles. The number of hydrogen-bond donors (Lipinski definition) is 3. The molecule has 0 bridgehead atoms. The van der Waals surface area contributed by atoms with Crippen molar-refractivity contribution in [1.29, 1.82) is 5.41 Å². The number of ether oxygens (including phenoxy) is 1. The van der Waals surface area contributed by atoms with E-state index in [0.717, 1.165) is 11.3 Å². The first-order valence-corrected chi connectivity index (χ1v) is 10.5. The number of thiophene rings is 1. The Labute approximate surface area is 171 Å². The molecule has 28 heavy (non-hydrogen) atoms. The quantitative estimate of drug-likeness (QED) is 0.495. The Morgan fingerprint density at radius 3 is 3.18 bits per heavy atom. The van der Waals surface area contributed by atoms with Gasteiger partial charge in [-0.1, -0.05) is 17.7 Å². The van der Waals surface area contributed by atoms with Crippen LogP contribution in [-0.4, -0.2) is 44.8 Å². The Balaban J connectivity index is 1.65. The number of fused-ring (bicyclic) bond motifs is 1. The van der Waals surface area contributed by atoms with Crippen LogP contribution in [0, 0.1) is 11.4 Å². The van der Waals surface area contributed by atoms with Crippen molar-refractivity contribution in [2.75, 3.05) is 19.0 Å². The molecule has 0 spiro atoms. The van der Waals surface area contributed by atoms with Crippen molar-refractivity contribution in [2.45, 2.75) is 17.4 Å². The highest BCUT2D eigenvalue weighted by Gasteiger charge is 2.60. The summed E-state index contributed by atoms with van der Waals surface area (Å²) in [6, 6.07) is 5.58. The fourth-order valence-electron chi connectivity index (χ4n) is 3.18. The molecule has 3 atom stereocenters. The van der Waals surface area contributed by atoms with Crippen LogP contribution in [0.1, 0.15) is 21.0 Å². The highest BCUT2D eigenvalue weighted by Crippen LogP contribution is 2.47. The Hall–Kier alpha value is -1.92. The second-order valence-corrected chi connectivity index (χ2v) is 9.25. The number of amides is 1. The van der Waals surface area contributed by atoms with Crippen molar-refractivity contribution in [3.63, 3.8) is 0 Å². The Bertz CT molecular complexity index is 960. The number of hydrogen-bond acceptors (Lipinski definition) is 6. The van der Waals surface area contributed by atoms with E-state index in [0.29, 0.717) is 22.9 Å². The van der Waals surface area contributed by atoms with Gasteiger partial charge >= 0.3 is 0 Å². The lowest BCUT2D eigenvalue weighted by molar-refractivity contribution is 0.103. The molecule has 2 aliphatic rings. The number of guanidine groups is 1. The number of carbonyl (C=O) groups is 1. The zero-order chi connectivity index (χ0) is 20.1. The lowest BCUT2D eigenvalue weighted by Gasteiger charge is -2.42. The van der Waals surface area contributed by atoms with Gasteiger partial charge in [-0.3, -0.25) is 10.2 Å². The van der Waals surface area contributed by atoms with Crippen LogP contribution < -0.4 is 10.6 Å². The minimum atomic E-state index is -1.58. The van der Waals surface area contributed by atoms with Gasteiger partial charge in [0.2, 0.25) is 11.9 Å². The number of halogens is 2. The van der Waals surface area contributed by atoms with E-state index in [-0.39, 0.29) is 16.7 Å². The molecule has 148 valence electrons. The Morgan fingerprint density at radius 2 is 2.43 bits per heavy atom. The Morgan fingerprint density at radius 1 is 1.64 bits per heavy atom. The zero-order valence-electron chi connectivity index (χ0n) is 14.5. The molecule has 0 aromatic carbocycles. The van der Waals surface area contributed by atoms with E-state index in [1.807, 2.05) is 0 Å². The highest BCUT2D eigenvalue weighted by atomic mass is 35.5. The van der Waals surface area contributed by atoms with Crippen molar-refractivity contribution in [3.05, 3.63) is 45.0 Å². The van der Waals surface area contributed by atoms with Gasteiger partial charge in [0, 0.05) is 6.42 Å². The van der Waals surface area contributed by atoms with E-state index >= 15 is 0 Å². The molecule has 0 radical (unpaired) electrons. The molecule has 12 heteroatoms. The first-order chi connectivity index (χ1) is 13.3. The minimum Gasteiger partial charge on any atom is -0.591 e. The third-order valence-corrected chi connectivity index (χ3v) is 7.90. The van der Waals surface area contributed by atoms with E-state index < -0.39 is 34.2 Å². The molecule has 2 aromatic rings.